The standard InChI is InChI=1S/C19H31N5O2.2ClH/c1-3-19(4-2,15-20)18(26)22-10-8-17(25)24-13-11-23(12-14-24)16-7-5-6-9-21-16;;/h5-7,9H,3-4,8,10-15,20H2,1-2H3,(H,22,26);2*1H. The highest BCUT2D eigenvalue weighted by Gasteiger charge is 2.33. The topological polar surface area (TPSA) is 91.6 Å². The van der Waals surface area contributed by atoms with Gasteiger partial charge >= 0.3 is 0 Å². The first-order valence-electron chi connectivity index (χ1n) is 9.48. The molecule has 1 saturated heterocycles. The number of pyridine rings is 1. The van der Waals surface area contributed by atoms with Gasteiger partial charge in [0.05, 0.1) is 5.41 Å². The van der Waals surface area contributed by atoms with Gasteiger partial charge in [0.1, 0.15) is 5.82 Å². The Kier molecular flexibility index (Phi) is 12.1. The van der Waals surface area contributed by atoms with E-state index < -0.39 is 5.41 Å². The molecule has 0 saturated carbocycles. The number of piperazine rings is 1. The van der Waals surface area contributed by atoms with Gasteiger partial charge in [-0.25, -0.2) is 4.98 Å². The normalized spacial score (nSPS) is 14.0. The van der Waals surface area contributed by atoms with Crippen LogP contribution >= 0.6 is 24.8 Å². The molecule has 0 atom stereocenters. The fraction of sp³-hybridized carbons (Fsp3) is 0.632. The molecule has 9 heteroatoms. The van der Waals surface area contributed by atoms with E-state index in [1.807, 2.05) is 36.9 Å². The van der Waals surface area contributed by atoms with E-state index in [0.29, 0.717) is 45.4 Å². The largest absolute Gasteiger partial charge is 0.355 e. The lowest BCUT2D eigenvalue weighted by Gasteiger charge is -2.35. The van der Waals surface area contributed by atoms with Crippen LogP contribution in [0.25, 0.3) is 0 Å². The van der Waals surface area contributed by atoms with Gasteiger partial charge in [-0.3, -0.25) is 9.59 Å². The SMILES string of the molecule is CCC(CC)(CN)C(=O)NCCC(=O)N1CCN(c2ccccn2)CC1.Cl.Cl. The van der Waals surface area contributed by atoms with E-state index in [4.69, 9.17) is 5.73 Å². The molecule has 0 aromatic carbocycles. The van der Waals surface area contributed by atoms with E-state index >= 15 is 0 Å². The number of hydrogen-bond acceptors (Lipinski definition) is 5. The van der Waals surface area contributed by atoms with Crippen molar-refractivity contribution in [1.82, 2.24) is 15.2 Å². The molecule has 0 radical (unpaired) electrons. The maximum atomic E-state index is 12.4. The third-order valence-electron chi connectivity index (χ3n) is 5.46. The summed E-state index contributed by atoms with van der Waals surface area (Å²) < 4.78 is 0. The van der Waals surface area contributed by atoms with Gasteiger partial charge in [0, 0.05) is 51.9 Å². The number of nitrogens with zero attached hydrogens (tertiary/aromatic N) is 3. The molecule has 1 aliphatic rings. The van der Waals surface area contributed by atoms with Crippen LogP contribution in [0.1, 0.15) is 33.1 Å². The van der Waals surface area contributed by atoms with Crippen LogP contribution in [0.5, 0.6) is 0 Å². The smallest absolute Gasteiger partial charge is 0.227 e. The third kappa shape index (κ3) is 6.50. The van der Waals surface area contributed by atoms with Crippen LogP contribution < -0.4 is 16.0 Å². The molecule has 2 amide bonds. The van der Waals surface area contributed by atoms with E-state index in [0.717, 1.165) is 18.9 Å². The highest BCUT2D eigenvalue weighted by atomic mass is 35.5. The van der Waals surface area contributed by atoms with E-state index in [9.17, 15) is 9.59 Å². The molecule has 1 fully saturated rings. The van der Waals surface area contributed by atoms with Crippen LogP contribution in [-0.4, -0.2) is 61.0 Å². The number of hydrogen-bond donors (Lipinski definition) is 2. The number of halogens is 2. The number of nitrogens with one attached hydrogen (secondary N) is 1. The average molecular weight is 434 g/mol. The van der Waals surface area contributed by atoms with Gasteiger partial charge in [-0.1, -0.05) is 19.9 Å². The van der Waals surface area contributed by atoms with Crippen molar-refractivity contribution < 1.29 is 9.59 Å². The summed E-state index contributed by atoms with van der Waals surface area (Å²) in [5.41, 5.74) is 5.28. The lowest BCUT2D eigenvalue weighted by Crippen LogP contribution is -2.50. The first-order valence-corrected chi connectivity index (χ1v) is 9.48. The maximum Gasteiger partial charge on any atom is 0.227 e. The minimum Gasteiger partial charge on any atom is -0.355 e. The van der Waals surface area contributed by atoms with Gasteiger partial charge in [0.15, 0.2) is 0 Å². The molecule has 0 unspecified atom stereocenters. The van der Waals surface area contributed by atoms with Crippen molar-refractivity contribution in [2.75, 3.05) is 44.2 Å². The second-order valence-corrected chi connectivity index (χ2v) is 6.75. The van der Waals surface area contributed by atoms with Gasteiger partial charge in [-0.05, 0) is 25.0 Å². The number of anilines is 1. The van der Waals surface area contributed by atoms with Crippen molar-refractivity contribution in [3.8, 4) is 0 Å². The summed E-state index contributed by atoms with van der Waals surface area (Å²) in [4.78, 5) is 33.2. The molecule has 28 heavy (non-hydrogen) atoms. The zero-order valence-electron chi connectivity index (χ0n) is 16.7. The second-order valence-electron chi connectivity index (χ2n) is 6.75. The summed E-state index contributed by atoms with van der Waals surface area (Å²) >= 11 is 0. The summed E-state index contributed by atoms with van der Waals surface area (Å²) in [7, 11) is 0. The molecule has 0 bridgehead atoms. The zero-order valence-corrected chi connectivity index (χ0v) is 18.4. The van der Waals surface area contributed by atoms with Gasteiger partial charge in [0.25, 0.3) is 0 Å². The molecule has 2 heterocycles. The number of nitrogens with two attached hydrogens (primary N) is 1. The van der Waals surface area contributed by atoms with Gasteiger partial charge in [-0.15, -0.1) is 24.8 Å². The van der Waals surface area contributed by atoms with Crippen LogP contribution in [0.3, 0.4) is 0 Å². The van der Waals surface area contributed by atoms with Crippen LogP contribution in [0.2, 0.25) is 0 Å². The summed E-state index contributed by atoms with van der Waals surface area (Å²) in [5.74, 6) is 0.985. The summed E-state index contributed by atoms with van der Waals surface area (Å²) in [6.45, 7) is 7.55. The lowest BCUT2D eigenvalue weighted by molar-refractivity contribution is -0.132. The Bertz CT molecular complexity index is 583. The van der Waals surface area contributed by atoms with Gasteiger partial charge in [-0.2, -0.15) is 0 Å². The highest BCUT2D eigenvalue weighted by Crippen LogP contribution is 2.24. The molecule has 160 valence electrons. The Morgan fingerprint density at radius 1 is 1.14 bits per heavy atom. The lowest BCUT2D eigenvalue weighted by atomic mass is 9.81. The summed E-state index contributed by atoms with van der Waals surface area (Å²) in [6.07, 6.45) is 3.51. The Morgan fingerprint density at radius 2 is 1.79 bits per heavy atom. The number of amides is 2. The molecule has 1 aromatic rings. The predicted octanol–water partition coefficient (Wildman–Crippen LogP) is 1.85. The van der Waals surface area contributed by atoms with Crippen LogP contribution in [0.15, 0.2) is 24.4 Å². The minimum atomic E-state index is -0.517. The van der Waals surface area contributed by atoms with E-state index in [1.54, 1.807) is 6.20 Å². The van der Waals surface area contributed by atoms with Crippen molar-refractivity contribution >= 4 is 42.4 Å². The van der Waals surface area contributed by atoms with E-state index in [-0.39, 0.29) is 36.6 Å². The molecule has 0 spiro atoms. The van der Waals surface area contributed by atoms with Crippen molar-refractivity contribution in [2.24, 2.45) is 11.1 Å². The Labute approximate surface area is 180 Å². The first-order chi connectivity index (χ1) is 12.6. The van der Waals surface area contributed by atoms with Crippen LogP contribution in [0, 0.1) is 5.41 Å². The zero-order chi connectivity index (χ0) is 19.0. The minimum absolute atomic E-state index is 0. The number of carbonyl (C=O) groups excluding carboxylic acids is 2. The second kappa shape index (κ2) is 12.8. The quantitative estimate of drug-likeness (QED) is 0.652. The molecule has 1 aromatic heterocycles. The molecule has 0 aliphatic carbocycles. The molecule has 7 nitrogen and oxygen atoms in total. The van der Waals surface area contributed by atoms with Crippen LogP contribution in [-0.2, 0) is 9.59 Å². The van der Waals surface area contributed by atoms with Crippen LogP contribution in [0.4, 0.5) is 5.82 Å². The molecular weight excluding hydrogens is 401 g/mol. The monoisotopic (exact) mass is 433 g/mol. The fourth-order valence-electron chi connectivity index (χ4n) is 3.31. The highest BCUT2D eigenvalue weighted by molar-refractivity contribution is 5.85. The molecule has 2 rings (SSSR count). The van der Waals surface area contributed by atoms with Crippen molar-refractivity contribution in [3.63, 3.8) is 0 Å². The average Bonchev–Trinajstić information content (AvgIpc) is 2.70. The van der Waals surface area contributed by atoms with Crippen molar-refractivity contribution in [3.05, 3.63) is 24.4 Å². The maximum absolute atomic E-state index is 12.4. The first kappa shape index (κ1) is 26.4. The van der Waals surface area contributed by atoms with Gasteiger partial charge in [0.2, 0.25) is 11.8 Å². The Balaban J connectivity index is 0.00000364. The predicted molar refractivity (Wildman–Crippen MR) is 117 cm³/mol. The van der Waals surface area contributed by atoms with E-state index in [2.05, 4.69) is 15.2 Å². The Morgan fingerprint density at radius 3 is 2.29 bits per heavy atom. The van der Waals surface area contributed by atoms with Gasteiger partial charge < -0.3 is 20.9 Å². The molecule has 3 N–H and O–H groups in total. The third-order valence-corrected chi connectivity index (χ3v) is 5.46. The molecule has 1 aliphatic heterocycles. The number of aromatic nitrogens is 1. The fourth-order valence-corrected chi connectivity index (χ4v) is 3.31. The van der Waals surface area contributed by atoms with Crippen molar-refractivity contribution in [1.29, 1.82) is 0 Å². The number of carbonyl (C=O) groups is 2. The summed E-state index contributed by atoms with van der Waals surface area (Å²) in [6, 6.07) is 5.85. The summed E-state index contributed by atoms with van der Waals surface area (Å²) in [5, 5.41) is 2.89. The Hall–Kier alpha value is -1.57. The molecular formula is C19H33Cl2N5O2. The van der Waals surface area contributed by atoms with Crippen molar-refractivity contribution in [2.45, 2.75) is 33.1 Å². The number of rotatable bonds is 8. The van der Waals surface area contributed by atoms with E-state index in [1.165, 1.54) is 0 Å².